The van der Waals surface area contributed by atoms with Gasteiger partial charge in [0.05, 0.1) is 11.3 Å². The monoisotopic (exact) mass is 285 g/mol. The van der Waals surface area contributed by atoms with Crippen LogP contribution in [0.1, 0.15) is 10.4 Å². The number of carbonyl (C=O) groups is 1. The Kier molecular flexibility index (Phi) is 4.29. The molecule has 0 amide bonds. The molecular formula is C12H15NO3S2. The van der Waals surface area contributed by atoms with E-state index in [1.807, 2.05) is 29.4 Å². The molecule has 6 heteroatoms. The number of thioether (sulfide) groups is 1. The molecule has 0 aliphatic carbocycles. The van der Waals surface area contributed by atoms with Gasteiger partial charge >= 0.3 is 5.97 Å². The highest BCUT2D eigenvalue weighted by molar-refractivity contribution is 7.98. The molecular weight excluding hydrogens is 270 g/mol. The van der Waals surface area contributed by atoms with Crippen molar-refractivity contribution in [3.8, 4) is 0 Å². The van der Waals surface area contributed by atoms with Crippen LogP contribution in [0.4, 0.5) is 5.69 Å². The lowest BCUT2D eigenvalue weighted by molar-refractivity contribution is 0.0694. The fourth-order valence-electron chi connectivity index (χ4n) is 2.05. The molecule has 4 nitrogen and oxygen atoms in total. The first-order chi connectivity index (χ1) is 8.63. The molecule has 0 radical (unpaired) electrons. The predicted molar refractivity (Wildman–Crippen MR) is 75.3 cm³/mol. The number of carboxylic acids is 1. The SMILES string of the molecule is CSc1cccc(N2CCS(=O)CC2)c1C(=O)O. The van der Waals surface area contributed by atoms with Crippen molar-refractivity contribution in [2.45, 2.75) is 4.90 Å². The van der Waals surface area contributed by atoms with Crippen LogP contribution in [0.3, 0.4) is 0 Å². The molecule has 0 atom stereocenters. The van der Waals surface area contributed by atoms with Crippen LogP contribution in [0.5, 0.6) is 0 Å². The van der Waals surface area contributed by atoms with Crippen molar-refractivity contribution in [2.75, 3.05) is 35.8 Å². The highest BCUT2D eigenvalue weighted by atomic mass is 32.2. The summed E-state index contributed by atoms with van der Waals surface area (Å²) in [6.07, 6.45) is 1.87. The number of aromatic carboxylic acids is 1. The highest BCUT2D eigenvalue weighted by Gasteiger charge is 2.22. The van der Waals surface area contributed by atoms with Crippen LogP contribution >= 0.6 is 11.8 Å². The van der Waals surface area contributed by atoms with Gasteiger partial charge in [0.25, 0.3) is 0 Å². The fraction of sp³-hybridized carbons (Fsp3) is 0.417. The second-order valence-electron chi connectivity index (χ2n) is 3.99. The molecule has 1 aliphatic heterocycles. The van der Waals surface area contributed by atoms with Gasteiger partial charge in [-0.1, -0.05) is 6.07 Å². The molecule has 1 aromatic carbocycles. The van der Waals surface area contributed by atoms with E-state index in [0.717, 1.165) is 10.6 Å². The number of nitrogens with zero attached hydrogens (tertiary/aromatic N) is 1. The minimum atomic E-state index is -0.901. The van der Waals surface area contributed by atoms with Gasteiger partial charge in [0.15, 0.2) is 0 Å². The van der Waals surface area contributed by atoms with E-state index in [9.17, 15) is 14.1 Å². The third-order valence-corrected chi connectivity index (χ3v) is 5.01. The van der Waals surface area contributed by atoms with Gasteiger partial charge in [0.2, 0.25) is 0 Å². The van der Waals surface area contributed by atoms with E-state index in [1.165, 1.54) is 11.8 Å². The van der Waals surface area contributed by atoms with Gasteiger partial charge in [0.1, 0.15) is 0 Å². The van der Waals surface area contributed by atoms with E-state index < -0.39 is 16.8 Å². The summed E-state index contributed by atoms with van der Waals surface area (Å²) in [5, 5.41) is 9.36. The van der Waals surface area contributed by atoms with Crippen LogP contribution < -0.4 is 4.90 Å². The number of hydrogen-bond acceptors (Lipinski definition) is 4. The van der Waals surface area contributed by atoms with E-state index >= 15 is 0 Å². The molecule has 0 aromatic heterocycles. The van der Waals surface area contributed by atoms with Gasteiger partial charge in [-0.3, -0.25) is 4.21 Å². The standard InChI is InChI=1S/C12H15NO3S2/c1-17-10-4-2-3-9(11(10)12(14)15)13-5-7-18(16)8-6-13/h2-4H,5-8H2,1H3,(H,14,15). The average molecular weight is 285 g/mol. The Labute approximate surface area is 113 Å². The van der Waals surface area contributed by atoms with Crippen LogP contribution in [0.2, 0.25) is 0 Å². The first kappa shape index (κ1) is 13.4. The molecule has 1 fully saturated rings. The molecule has 1 aromatic rings. The predicted octanol–water partition coefficient (Wildman–Crippen LogP) is 1.68. The maximum atomic E-state index is 11.4. The second-order valence-corrected chi connectivity index (χ2v) is 6.54. The maximum Gasteiger partial charge on any atom is 0.338 e. The van der Waals surface area contributed by atoms with Gasteiger partial charge < -0.3 is 10.0 Å². The van der Waals surface area contributed by atoms with Crippen LogP contribution in [0.25, 0.3) is 0 Å². The summed E-state index contributed by atoms with van der Waals surface area (Å²) < 4.78 is 11.3. The lowest BCUT2D eigenvalue weighted by Crippen LogP contribution is -2.38. The Bertz CT molecular complexity index is 480. The molecule has 1 N–H and O–H groups in total. The van der Waals surface area contributed by atoms with Crippen molar-refractivity contribution < 1.29 is 14.1 Å². The van der Waals surface area contributed by atoms with Gasteiger partial charge in [-0.2, -0.15) is 0 Å². The molecule has 1 heterocycles. The lowest BCUT2D eigenvalue weighted by Gasteiger charge is -2.30. The maximum absolute atomic E-state index is 11.4. The smallest absolute Gasteiger partial charge is 0.338 e. The van der Waals surface area contributed by atoms with E-state index in [4.69, 9.17) is 0 Å². The molecule has 0 unspecified atom stereocenters. The third kappa shape index (κ3) is 2.70. The van der Waals surface area contributed by atoms with E-state index in [1.54, 1.807) is 0 Å². The van der Waals surface area contributed by atoms with Crippen molar-refractivity contribution in [2.24, 2.45) is 0 Å². The first-order valence-corrected chi connectivity index (χ1v) is 8.35. The minimum absolute atomic E-state index is 0.359. The Hall–Kier alpha value is -1.01. The van der Waals surface area contributed by atoms with Crippen LogP contribution in [-0.4, -0.2) is 46.1 Å². The van der Waals surface area contributed by atoms with Gasteiger partial charge in [-0.05, 0) is 18.4 Å². The summed E-state index contributed by atoms with van der Waals surface area (Å²) >= 11 is 1.43. The fourth-order valence-corrected chi connectivity index (χ4v) is 3.71. The second kappa shape index (κ2) is 5.75. The zero-order valence-corrected chi connectivity index (χ0v) is 11.7. The Morgan fingerprint density at radius 3 is 2.61 bits per heavy atom. The first-order valence-electron chi connectivity index (χ1n) is 5.63. The number of rotatable bonds is 3. The number of carboxylic acid groups (broad SMARTS) is 1. The van der Waals surface area contributed by atoms with Crippen molar-refractivity contribution in [1.29, 1.82) is 0 Å². The molecule has 0 spiro atoms. The molecule has 2 rings (SSSR count). The zero-order chi connectivity index (χ0) is 13.1. The van der Waals surface area contributed by atoms with E-state index in [-0.39, 0.29) is 0 Å². The lowest BCUT2D eigenvalue weighted by atomic mass is 10.1. The van der Waals surface area contributed by atoms with Gasteiger partial charge in [0, 0.05) is 40.3 Å². The average Bonchev–Trinajstić information content (AvgIpc) is 2.38. The Morgan fingerprint density at radius 1 is 1.39 bits per heavy atom. The summed E-state index contributed by atoms with van der Waals surface area (Å²) in [6, 6.07) is 5.52. The van der Waals surface area contributed by atoms with E-state index in [0.29, 0.717) is 30.2 Å². The quantitative estimate of drug-likeness (QED) is 0.856. The number of benzene rings is 1. The number of anilines is 1. The molecule has 1 saturated heterocycles. The van der Waals surface area contributed by atoms with Crippen LogP contribution in [0.15, 0.2) is 23.1 Å². The summed E-state index contributed by atoms with van der Waals surface area (Å²) in [7, 11) is -0.753. The number of hydrogen-bond donors (Lipinski definition) is 1. The van der Waals surface area contributed by atoms with Crippen molar-refractivity contribution in [3.63, 3.8) is 0 Å². The summed E-state index contributed by atoms with van der Waals surface area (Å²) in [5.41, 5.74) is 1.10. The molecule has 1 aliphatic rings. The largest absolute Gasteiger partial charge is 0.478 e. The highest BCUT2D eigenvalue weighted by Crippen LogP contribution is 2.30. The molecule has 0 saturated carbocycles. The Balaban J connectivity index is 2.37. The Morgan fingerprint density at radius 2 is 2.06 bits per heavy atom. The third-order valence-electron chi connectivity index (χ3n) is 2.96. The summed E-state index contributed by atoms with van der Waals surface area (Å²) in [4.78, 5) is 14.2. The zero-order valence-electron chi connectivity index (χ0n) is 10.1. The normalized spacial score (nSPS) is 16.8. The minimum Gasteiger partial charge on any atom is -0.478 e. The van der Waals surface area contributed by atoms with Gasteiger partial charge in [-0.25, -0.2) is 4.79 Å². The molecule has 0 bridgehead atoms. The van der Waals surface area contributed by atoms with Crippen molar-refractivity contribution in [1.82, 2.24) is 0 Å². The van der Waals surface area contributed by atoms with Crippen LogP contribution in [0, 0.1) is 0 Å². The summed E-state index contributed by atoms with van der Waals surface area (Å²) in [5.74, 6) is 0.326. The van der Waals surface area contributed by atoms with Gasteiger partial charge in [-0.15, -0.1) is 11.8 Å². The van der Waals surface area contributed by atoms with Crippen LogP contribution in [-0.2, 0) is 10.8 Å². The van der Waals surface area contributed by atoms with Crippen molar-refractivity contribution in [3.05, 3.63) is 23.8 Å². The molecule has 18 heavy (non-hydrogen) atoms. The molecule has 98 valence electrons. The topological polar surface area (TPSA) is 57.6 Å². The van der Waals surface area contributed by atoms with E-state index in [2.05, 4.69) is 0 Å². The summed E-state index contributed by atoms with van der Waals surface area (Å²) in [6.45, 7) is 1.31. The van der Waals surface area contributed by atoms with Crippen molar-refractivity contribution >= 4 is 34.2 Å².